The zero-order valence-electron chi connectivity index (χ0n) is 12.3. The van der Waals surface area contributed by atoms with Crippen molar-refractivity contribution in [1.82, 2.24) is 20.2 Å². The van der Waals surface area contributed by atoms with E-state index in [4.69, 9.17) is 16.3 Å². The maximum atomic E-state index is 12.6. The second-order valence-corrected chi connectivity index (χ2v) is 5.28. The van der Waals surface area contributed by atoms with Gasteiger partial charge < -0.3 is 4.74 Å². The number of ether oxygens (including phenoxy) is 1. The van der Waals surface area contributed by atoms with E-state index in [0.717, 1.165) is 12.1 Å². The summed E-state index contributed by atoms with van der Waals surface area (Å²) in [4.78, 5) is 1.32. The minimum atomic E-state index is -4.46. The summed E-state index contributed by atoms with van der Waals surface area (Å²) in [5.74, 6) is 0.914. The molecule has 3 aromatic rings. The van der Waals surface area contributed by atoms with Crippen LogP contribution in [-0.4, -0.2) is 20.2 Å². The van der Waals surface area contributed by atoms with Gasteiger partial charge in [-0.3, -0.25) is 0 Å². The maximum absolute atomic E-state index is 12.6. The first kappa shape index (κ1) is 16.3. The first-order chi connectivity index (χ1) is 11.3. The summed E-state index contributed by atoms with van der Waals surface area (Å²) in [5.41, 5.74) is -0.180. The van der Waals surface area contributed by atoms with Gasteiger partial charge in [-0.15, -0.1) is 10.2 Å². The number of hydrogen-bond donors (Lipinski definition) is 0. The van der Waals surface area contributed by atoms with E-state index in [-0.39, 0.29) is 10.8 Å². The molecular formula is C15H10ClF3N4O. The molecule has 0 unspecified atom stereocenters. The molecule has 0 amide bonds. The smallest absolute Gasteiger partial charge is 0.416 e. The van der Waals surface area contributed by atoms with Crippen LogP contribution in [0.15, 0.2) is 42.5 Å². The molecule has 124 valence electrons. The fraction of sp³-hybridized carbons (Fsp3) is 0.133. The van der Waals surface area contributed by atoms with E-state index in [2.05, 4.69) is 15.4 Å². The molecule has 9 heteroatoms. The van der Waals surface area contributed by atoms with E-state index >= 15 is 0 Å². The van der Waals surface area contributed by atoms with Gasteiger partial charge in [0.25, 0.3) is 0 Å². The van der Waals surface area contributed by atoms with E-state index in [1.54, 1.807) is 31.3 Å². The Bertz CT molecular complexity index is 879. The number of tetrazole rings is 1. The normalized spacial score (nSPS) is 11.5. The quantitative estimate of drug-likeness (QED) is 0.702. The Morgan fingerprint density at radius 3 is 2.54 bits per heavy atom. The van der Waals surface area contributed by atoms with Crippen LogP contribution in [-0.2, 0) is 13.2 Å². The van der Waals surface area contributed by atoms with Gasteiger partial charge in [-0.1, -0.05) is 23.7 Å². The molecular weight excluding hydrogens is 345 g/mol. The lowest BCUT2D eigenvalue weighted by atomic mass is 10.2. The minimum absolute atomic E-state index is 0.119. The molecule has 0 spiro atoms. The van der Waals surface area contributed by atoms with Crippen LogP contribution >= 0.6 is 11.6 Å². The van der Waals surface area contributed by atoms with Gasteiger partial charge in [0, 0.05) is 5.56 Å². The number of aromatic nitrogens is 4. The summed E-state index contributed by atoms with van der Waals surface area (Å²) in [6.45, 7) is 0. The highest BCUT2D eigenvalue weighted by Gasteiger charge is 2.31. The van der Waals surface area contributed by atoms with Crippen molar-refractivity contribution in [2.24, 2.45) is 7.05 Å². The van der Waals surface area contributed by atoms with E-state index in [1.165, 1.54) is 10.9 Å². The number of benzene rings is 2. The van der Waals surface area contributed by atoms with E-state index in [0.29, 0.717) is 17.1 Å². The predicted molar refractivity (Wildman–Crippen MR) is 80.8 cm³/mol. The molecule has 0 saturated heterocycles. The van der Waals surface area contributed by atoms with Crippen molar-refractivity contribution in [2.45, 2.75) is 6.18 Å². The summed E-state index contributed by atoms with van der Waals surface area (Å²) in [5, 5.41) is 11.6. The van der Waals surface area contributed by atoms with E-state index < -0.39 is 11.7 Å². The third-order valence-electron chi connectivity index (χ3n) is 3.09. The Labute approximate surface area is 139 Å². The van der Waals surface area contributed by atoms with Crippen LogP contribution < -0.4 is 4.74 Å². The predicted octanol–water partition coefficient (Wildman–Crippen LogP) is 4.34. The van der Waals surface area contributed by atoms with Crippen LogP contribution in [0.4, 0.5) is 13.2 Å². The molecule has 0 saturated carbocycles. The summed E-state index contributed by atoms with van der Waals surface area (Å²) < 4.78 is 43.5. The second-order valence-electron chi connectivity index (χ2n) is 4.88. The highest BCUT2D eigenvalue weighted by atomic mass is 35.5. The van der Waals surface area contributed by atoms with Gasteiger partial charge in [0.1, 0.15) is 11.5 Å². The number of alkyl halides is 3. The highest BCUT2D eigenvalue weighted by Crippen LogP contribution is 2.36. The van der Waals surface area contributed by atoms with Crippen LogP contribution in [0, 0.1) is 0 Å². The van der Waals surface area contributed by atoms with E-state index in [1.807, 2.05) is 0 Å². The third kappa shape index (κ3) is 3.48. The average molecular weight is 355 g/mol. The Morgan fingerprint density at radius 2 is 1.92 bits per heavy atom. The standard InChI is InChI=1S/C15H10ClF3N4O/c1-23-21-14(20-22-23)9-3-2-4-11(7-9)24-13-6-5-10(8-12(13)16)15(17,18)19/h2-8H,1H3. The molecule has 0 aliphatic heterocycles. The SMILES string of the molecule is Cn1nnc(-c2cccc(Oc3ccc(C(F)(F)F)cc3Cl)c2)n1. The third-order valence-corrected chi connectivity index (χ3v) is 3.38. The number of nitrogens with zero attached hydrogens (tertiary/aromatic N) is 4. The largest absolute Gasteiger partial charge is 0.456 e. The fourth-order valence-electron chi connectivity index (χ4n) is 1.99. The van der Waals surface area contributed by atoms with Crippen LogP contribution in [0.25, 0.3) is 11.4 Å². The first-order valence-electron chi connectivity index (χ1n) is 6.72. The van der Waals surface area contributed by atoms with Crippen molar-refractivity contribution in [1.29, 1.82) is 0 Å². The molecule has 2 aromatic carbocycles. The Balaban J connectivity index is 1.87. The molecule has 24 heavy (non-hydrogen) atoms. The topological polar surface area (TPSA) is 52.8 Å². The van der Waals surface area contributed by atoms with Crippen LogP contribution in [0.2, 0.25) is 5.02 Å². The molecule has 5 nitrogen and oxygen atoms in total. The molecule has 0 bridgehead atoms. The van der Waals surface area contributed by atoms with Crippen molar-refractivity contribution in [2.75, 3.05) is 0 Å². The summed E-state index contributed by atoms with van der Waals surface area (Å²) in [6, 6.07) is 9.68. The number of rotatable bonds is 3. The lowest BCUT2D eigenvalue weighted by molar-refractivity contribution is -0.137. The Hall–Kier alpha value is -2.61. The Kier molecular flexibility index (Phi) is 4.15. The van der Waals surface area contributed by atoms with Crippen molar-refractivity contribution in [3.8, 4) is 22.9 Å². The number of aryl methyl sites for hydroxylation is 1. The minimum Gasteiger partial charge on any atom is -0.456 e. The fourth-order valence-corrected chi connectivity index (χ4v) is 2.20. The number of halogens is 4. The summed E-state index contributed by atoms with van der Waals surface area (Å²) in [7, 11) is 1.64. The van der Waals surface area contributed by atoms with Gasteiger partial charge in [0.2, 0.25) is 5.82 Å². The maximum Gasteiger partial charge on any atom is 0.416 e. The molecule has 3 rings (SSSR count). The van der Waals surface area contributed by atoms with Crippen molar-refractivity contribution >= 4 is 11.6 Å². The van der Waals surface area contributed by atoms with Gasteiger partial charge in [0.05, 0.1) is 17.6 Å². The van der Waals surface area contributed by atoms with E-state index in [9.17, 15) is 13.2 Å². The van der Waals surface area contributed by atoms with Gasteiger partial charge in [0.15, 0.2) is 0 Å². The molecule has 1 aromatic heterocycles. The van der Waals surface area contributed by atoms with Crippen molar-refractivity contribution in [3.05, 3.63) is 53.1 Å². The summed E-state index contributed by atoms with van der Waals surface area (Å²) in [6.07, 6.45) is -4.46. The highest BCUT2D eigenvalue weighted by molar-refractivity contribution is 6.32. The van der Waals surface area contributed by atoms with Gasteiger partial charge in [-0.2, -0.15) is 18.0 Å². The van der Waals surface area contributed by atoms with Crippen molar-refractivity contribution in [3.63, 3.8) is 0 Å². The average Bonchev–Trinajstić information content (AvgIpc) is 2.95. The lowest BCUT2D eigenvalue weighted by Crippen LogP contribution is -2.04. The molecule has 0 atom stereocenters. The number of hydrogen-bond acceptors (Lipinski definition) is 4. The van der Waals surface area contributed by atoms with Gasteiger partial charge in [-0.05, 0) is 35.5 Å². The molecule has 1 heterocycles. The zero-order valence-corrected chi connectivity index (χ0v) is 13.0. The first-order valence-corrected chi connectivity index (χ1v) is 7.10. The van der Waals surface area contributed by atoms with Crippen molar-refractivity contribution < 1.29 is 17.9 Å². The molecule has 0 aliphatic rings. The van der Waals surface area contributed by atoms with Crippen LogP contribution in [0.1, 0.15) is 5.56 Å². The molecule has 0 N–H and O–H groups in total. The molecule has 0 radical (unpaired) electrons. The molecule has 0 fully saturated rings. The lowest BCUT2D eigenvalue weighted by Gasteiger charge is -2.11. The van der Waals surface area contributed by atoms with Gasteiger partial charge in [-0.25, -0.2) is 0 Å². The summed E-state index contributed by atoms with van der Waals surface area (Å²) >= 11 is 5.88. The second kappa shape index (κ2) is 6.12. The zero-order chi connectivity index (χ0) is 17.3. The molecule has 0 aliphatic carbocycles. The van der Waals surface area contributed by atoms with Gasteiger partial charge >= 0.3 is 6.18 Å². The monoisotopic (exact) mass is 354 g/mol. The van der Waals surface area contributed by atoms with Crippen LogP contribution in [0.5, 0.6) is 11.5 Å². The Morgan fingerprint density at radius 1 is 1.12 bits per heavy atom. The van der Waals surface area contributed by atoms with Crippen LogP contribution in [0.3, 0.4) is 0 Å².